The topological polar surface area (TPSA) is 493 Å². The number of phenolic OH excluding ortho intramolecular Hbond substituents is 3. The van der Waals surface area contributed by atoms with Gasteiger partial charge in [0.05, 0.1) is 45.1 Å². The highest BCUT2D eigenvalue weighted by Gasteiger charge is 2.28. The molecule has 66 heavy (non-hydrogen) atoms. The van der Waals surface area contributed by atoms with Crippen molar-refractivity contribution in [3.63, 3.8) is 0 Å². The molecule has 0 unspecified atom stereocenters. The van der Waals surface area contributed by atoms with Gasteiger partial charge in [-0.15, -0.1) is 25.6 Å². The summed E-state index contributed by atoms with van der Waals surface area (Å²) in [5.74, 6) is -6.44. The van der Waals surface area contributed by atoms with Crippen molar-refractivity contribution in [2.24, 2.45) is 30.7 Å². The van der Waals surface area contributed by atoms with Crippen LogP contribution in [0.5, 0.6) is 17.2 Å². The number of hydrogen-bond acceptors (Lipinski definition) is 25. The van der Waals surface area contributed by atoms with Gasteiger partial charge in [-0.1, -0.05) is 0 Å². The number of hydrogen-bond donors (Lipinski definition) is 8. The predicted octanol–water partition coefficient (Wildman–Crippen LogP) is 3.28. The van der Waals surface area contributed by atoms with E-state index in [2.05, 4.69) is 39.1 Å². The molecule has 0 saturated carbocycles. The fourth-order valence-corrected chi connectivity index (χ4v) is 10.1. The minimum atomic E-state index is -5.47. The fourth-order valence-electron chi connectivity index (χ4n) is 4.92. The molecular formula is C29H28N6O24S7. The predicted molar refractivity (Wildman–Crippen MR) is 217 cm³/mol. The molecule has 0 amide bonds. The Hall–Kier alpha value is -5.55. The molecule has 0 aliphatic carbocycles. The largest absolute Gasteiger partial charge is 0.504 e. The molecule has 0 atom stereocenters. The molecule has 0 heterocycles. The number of aromatic hydroxyl groups is 3. The summed E-state index contributed by atoms with van der Waals surface area (Å²) < 4.78 is 221. The van der Waals surface area contributed by atoms with Crippen LogP contribution < -0.4 is 0 Å². The maximum absolute atomic E-state index is 12.7. The van der Waals surface area contributed by atoms with Crippen LogP contribution in [0.3, 0.4) is 0 Å². The highest BCUT2D eigenvalue weighted by atomic mass is 32.3. The van der Waals surface area contributed by atoms with E-state index >= 15 is 0 Å². The van der Waals surface area contributed by atoms with Crippen molar-refractivity contribution in [1.29, 1.82) is 0 Å². The Morgan fingerprint density at radius 3 is 1.24 bits per heavy atom. The summed E-state index contributed by atoms with van der Waals surface area (Å²) >= 11 is 0. The third kappa shape index (κ3) is 13.7. The van der Waals surface area contributed by atoms with Crippen LogP contribution in [0.25, 0.3) is 0 Å². The van der Waals surface area contributed by atoms with Gasteiger partial charge in [-0.25, -0.2) is 25.2 Å². The number of sulfone groups is 2. The molecule has 0 aliphatic rings. The Labute approximate surface area is 372 Å². The molecule has 0 fully saturated rings. The standard InChI is InChI=1S/C29H28N6O24S7/c1-15-12-22(63(46,47)48)20(14-21(15)62(43,44)45)32-35-26-28(37)24(33-30-16-2-4-17(5-3-16)60(39,40)10-8-58-65(52,53)54)27(36)25(29(26)38)34-31-19-7-6-18(13-23(19)64(49,50)51)61(41,42)11-9-59-66(55,56)57/h2-7,12-14,36-38H,8-11H2,1H3,(H,43,44,45)(H,46,47,48)(H,49,50,51)(H,52,53,54)(H,55,56,57)/b33-30?,34-31+,35-32+. The number of benzene rings is 4. The Morgan fingerprint density at radius 2 is 0.818 bits per heavy atom. The third-order valence-electron chi connectivity index (χ3n) is 7.87. The van der Waals surface area contributed by atoms with Crippen molar-refractivity contribution >= 4 is 105 Å². The zero-order valence-corrected chi connectivity index (χ0v) is 37.9. The van der Waals surface area contributed by atoms with Crippen LogP contribution in [0, 0.1) is 6.92 Å². The van der Waals surface area contributed by atoms with Crippen LogP contribution >= 0.6 is 0 Å². The zero-order valence-electron chi connectivity index (χ0n) is 32.2. The summed E-state index contributed by atoms with van der Waals surface area (Å²) in [6, 6.07) is 6.24. The van der Waals surface area contributed by atoms with Crippen molar-refractivity contribution in [2.75, 3.05) is 24.7 Å². The maximum atomic E-state index is 12.7. The summed E-state index contributed by atoms with van der Waals surface area (Å²) in [5.41, 5.74) is -6.46. The van der Waals surface area contributed by atoms with Crippen molar-refractivity contribution < 1.29 is 105 Å². The summed E-state index contributed by atoms with van der Waals surface area (Å²) in [6.45, 7) is -1.13. The molecule has 37 heteroatoms. The van der Waals surface area contributed by atoms with Crippen molar-refractivity contribution in [3.8, 4) is 17.2 Å². The second-order valence-corrected chi connectivity index (χ2v) is 23.0. The van der Waals surface area contributed by atoms with E-state index < -0.39 is 171 Å². The van der Waals surface area contributed by atoms with Crippen LogP contribution in [0.2, 0.25) is 0 Å². The molecule has 0 bridgehead atoms. The minimum absolute atomic E-state index is 0.283. The van der Waals surface area contributed by atoms with Gasteiger partial charge in [-0.2, -0.15) is 47.2 Å². The number of azo groups is 3. The van der Waals surface area contributed by atoms with Gasteiger partial charge < -0.3 is 15.3 Å². The molecule has 0 saturated heterocycles. The number of phenols is 3. The quantitative estimate of drug-likeness (QED) is 0.0493. The molecule has 4 rings (SSSR count). The van der Waals surface area contributed by atoms with Gasteiger partial charge in [0.1, 0.15) is 21.2 Å². The van der Waals surface area contributed by atoms with E-state index in [1.54, 1.807) is 0 Å². The van der Waals surface area contributed by atoms with E-state index in [1.165, 1.54) is 0 Å². The second-order valence-electron chi connectivity index (χ2n) is 12.5. The van der Waals surface area contributed by atoms with Gasteiger partial charge in [0.2, 0.25) is 0 Å². The average Bonchev–Trinajstić information content (AvgIpc) is 3.15. The first kappa shape index (κ1) is 53.1. The van der Waals surface area contributed by atoms with E-state index in [0.29, 0.717) is 30.3 Å². The molecule has 0 spiro atoms. The molecule has 4 aromatic rings. The molecule has 0 aliphatic heterocycles. The van der Waals surface area contributed by atoms with E-state index in [9.17, 15) is 87.9 Å². The Balaban J connectivity index is 1.93. The maximum Gasteiger partial charge on any atom is 0.397 e. The van der Waals surface area contributed by atoms with Gasteiger partial charge in [-0.05, 0) is 67.1 Å². The van der Waals surface area contributed by atoms with Gasteiger partial charge in [0.25, 0.3) is 30.4 Å². The lowest BCUT2D eigenvalue weighted by atomic mass is 10.2. The van der Waals surface area contributed by atoms with Gasteiger partial charge in [0, 0.05) is 0 Å². The van der Waals surface area contributed by atoms with Crippen LogP contribution in [-0.4, -0.2) is 122 Å². The number of aryl methyl sites for hydroxylation is 1. The molecular weight excluding hydrogens is 1040 g/mol. The molecule has 8 N–H and O–H groups in total. The zero-order chi connectivity index (χ0) is 50.0. The van der Waals surface area contributed by atoms with Gasteiger partial charge in [-0.3, -0.25) is 22.8 Å². The van der Waals surface area contributed by atoms with Crippen LogP contribution in [0.4, 0.5) is 34.1 Å². The molecule has 0 aromatic heterocycles. The number of rotatable bonds is 19. The van der Waals surface area contributed by atoms with E-state index in [4.69, 9.17) is 9.11 Å². The molecule has 4 aromatic carbocycles. The van der Waals surface area contributed by atoms with Crippen LogP contribution in [-0.2, 0) is 79.2 Å². The van der Waals surface area contributed by atoms with Gasteiger partial charge >= 0.3 is 20.8 Å². The average molecular weight is 1070 g/mol. The molecule has 30 nitrogen and oxygen atoms in total. The Kier molecular flexibility index (Phi) is 15.6. The lowest BCUT2D eigenvalue weighted by Gasteiger charge is -2.11. The normalized spacial score (nSPS) is 13.6. The molecule has 360 valence electrons. The fraction of sp³-hybridized carbons (Fsp3) is 0.172. The minimum Gasteiger partial charge on any atom is -0.504 e. The van der Waals surface area contributed by atoms with Crippen LogP contribution in [0.15, 0.2) is 110 Å². The number of nitrogens with zero attached hydrogens (tertiary/aromatic N) is 6. The van der Waals surface area contributed by atoms with E-state index in [0.717, 1.165) is 31.2 Å². The first-order chi connectivity index (χ1) is 30.0. The summed E-state index contributed by atoms with van der Waals surface area (Å²) in [5, 5.41) is 54.6. The van der Waals surface area contributed by atoms with Crippen molar-refractivity contribution in [3.05, 3.63) is 60.2 Å². The van der Waals surface area contributed by atoms with E-state index in [-0.39, 0.29) is 5.69 Å². The first-order valence-electron chi connectivity index (χ1n) is 16.6. The summed E-state index contributed by atoms with van der Waals surface area (Å²) in [6.07, 6.45) is 0. The van der Waals surface area contributed by atoms with E-state index in [1.807, 2.05) is 0 Å². The summed E-state index contributed by atoms with van der Waals surface area (Å²) in [7, 11) is -34.9. The Bertz CT molecular complexity index is 3510. The smallest absolute Gasteiger partial charge is 0.397 e. The SMILES string of the molecule is Cc1cc(S(=O)(=O)O)c(/N=N/c2c(O)c(N=Nc3ccc(S(=O)(=O)CCOS(=O)(=O)O)cc3)c(O)c(/N=N/c3ccc(S(=O)(=O)CCOS(=O)(=O)O)cc3S(=O)(=O)O)c2O)cc1S(=O)(=O)O. The summed E-state index contributed by atoms with van der Waals surface area (Å²) in [4.78, 5) is -4.80. The molecule has 0 radical (unpaired) electrons. The highest BCUT2D eigenvalue weighted by Crippen LogP contribution is 2.57. The van der Waals surface area contributed by atoms with Crippen molar-refractivity contribution in [2.45, 2.75) is 31.4 Å². The Morgan fingerprint density at radius 1 is 0.439 bits per heavy atom. The monoisotopic (exact) mass is 1070 g/mol. The van der Waals surface area contributed by atoms with Crippen LogP contribution in [0.1, 0.15) is 5.56 Å². The van der Waals surface area contributed by atoms with Gasteiger partial charge in [0.15, 0.2) is 54.0 Å². The third-order valence-corrected chi connectivity index (χ3v) is 14.9. The lowest BCUT2D eigenvalue weighted by molar-refractivity contribution is 0.282. The lowest BCUT2D eigenvalue weighted by Crippen LogP contribution is -2.16. The second kappa shape index (κ2) is 19.4. The highest BCUT2D eigenvalue weighted by molar-refractivity contribution is 7.92. The van der Waals surface area contributed by atoms with Crippen molar-refractivity contribution in [1.82, 2.24) is 0 Å². The first-order valence-corrected chi connectivity index (χ1v) is 26.9.